The van der Waals surface area contributed by atoms with E-state index in [1.807, 2.05) is 42.5 Å². The second kappa shape index (κ2) is 10.9. The van der Waals surface area contributed by atoms with Crippen LogP contribution in [0.25, 0.3) is 0 Å². The van der Waals surface area contributed by atoms with Crippen molar-refractivity contribution >= 4 is 11.6 Å². The molecule has 0 aliphatic carbocycles. The summed E-state index contributed by atoms with van der Waals surface area (Å²) >= 11 is 0. The molecule has 0 radical (unpaired) electrons. The third-order valence-electron chi connectivity index (χ3n) is 7.78. The number of hydrogen-bond acceptors (Lipinski definition) is 6. The van der Waals surface area contributed by atoms with E-state index in [0.717, 1.165) is 29.6 Å². The van der Waals surface area contributed by atoms with Gasteiger partial charge >= 0.3 is 6.18 Å². The number of hydrogen-bond donors (Lipinski definition) is 1. The van der Waals surface area contributed by atoms with Crippen LogP contribution in [0.2, 0.25) is 0 Å². The van der Waals surface area contributed by atoms with E-state index in [2.05, 4.69) is 15.1 Å². The van der Waals surface area contributed by atoms with E-state index < -0.39 is 17.7 Å². The van der Waals surface area contributed by atoms with E-state index in [1.165, 1.54) is 6.07 Å². The van der Waals surface area contributed by atoms with E-state index >= 15 is 0 Å². The first-order chi connectivity index (χ1) is 19.3. The van der Waals surface area contributed by atoms with Crippen LogP contribution in [0.5, 0.6) is 17.2 Å². The van der Waals surface area contributed by atoms with Gasteiger partial charge in [0, 0.05) is 38.4 Å². The number of alkyl halides is 3. The first kappa shape index (κ1) is 26.3. The first-order valence-corrected chi connectivity index (χ1v) is 13.4. The second-order valence-corrected chi connectivity index (χ2v) is 10.3. The van der Waals surface area contributed by atoms with Crippen molar-refractivity contribution in [3.8, 4) is 17.2 Å². The monoisotopic (exact) mass is 553 g/mol. The lowest BCUT2D eigenvalue weighted by atomic mass is 9.82. The minimum Gasteiger partial charge on any atom is -0.492 e. The summed E-state index contributed by atoms with van der Waals surface area (Å²) in [5, 5.41) is 3.02. The number of piperazine rings is 1. The van der Waals surface area contributed by atoms with E-state index in [0.29, 0.717) is 43.3 Å². The van der Waals surface area contributed by atoms with Crippen molar-refractivity contribution in [1.29, 1.82) is 0 Å². The van der Waals surface area contributed by atoms with E-state index in [9.17, 15) is 18.0 Å². The summed E-state index contributed by atoms with van der Waals surface area (Å²) in [6.45, 7) is 3.58. The van der Waals surface area contributed by atoms with Gasteiger partial charge in [0.25, 0.3) is 0 Å². The lowest BCUT2D eigenvalue weighted by Crippen LogP contribution is -2.61. The van der Waals surface area contributed by atoms with Gasteiger partial charge in [-0.15, -0.1) is 0 Å². The van der Waals surface area contributed by atoms with Gasteiger partial charge in [-0.3, -0.25) is 9.69 Å². The Hall–Kier alpha value is -3.92. The number of ether oxygens (including phenoxy) is 3. The SMILES string of the molecule is O=C(NCc1ccc2c(c1)OCO2)C1Cc2cc(C(F)(F)F)ccc2N2CCN(CCOc3ccccc3)CC12. The van der Waals surface area contributed by atoms with Crippen LogP contribution in [0.4, 0.5) is 18.9 Å². The van der Waals surface area contributed by atoms with Crippen LogP contribution in [0, 0.1) is 5.92 Å². The molecule has 10 heteroatoms. The van der Waals surface area contributed by atoms with Crippen molar-refractivity contribution in [2.45, 2.75) is 25.2 Å². The van der Waals surface area contributed by atoms with Gasteiger partial charge in [0.05, 0.1) is 17.5 Å². The summed E-state index contributed by atoms with van der Waals surface area (Å²) in [5.74, 6) is 1.40. The topological polar surface area (TPSA) is 63.3 Å². The van der Waals surface area contributed by atoms with Crippen molar-refractivity contribution in [1.82, 2.24) is 10.2 Å². The highest BCUT2D eigenvalue weighted by Crippen LogP contribution is 2.40. The van der Waals surface area contributed by atoms with Crippen molar-refractivity contribution in [3.63, 3.8) is 0 Å². The molecule has 0 bridgehead atoms. The minimum absolute atomic E-state index is 0.164. The summed E-state index contributed by atoms with van der Waals surface area (Å²) in [7, 11) is 0. The molecule has 1 fully saturated rings. The number of nitrogens with zero attached hydrogens (tertiary/aromatic N) is 2. The van der Waals surface area contributed by atoms with Crippen LogP contribution in [0.3, 0.4) is 0 Å². The molecule has 1 saturated heterocycles. The molecular formula is C30H30F3N3O4. The van der Waals surface area contributed by atoms with Crippen LogP contribution < -0.4 is 24.4 Å². The summed E-state index contributed by atoms with van der Waals surface area (Å²) < 4.78 is 57.2. The van der Waals surface area contributed by atoms with E-state index in [4.69, 9.17) is 14.2 Å². The van der Waals surface area contributed by atoms with Gasteiger partial charge in [0.15, 0.2) is 11.5 Å². The van der Waals surface area contributed by atoms with E-state index in [-0.39, 0.29) is 31.7 Å². The van der Waals surface area contributed by atoms with Crippen LogP contribution in [-0.2, 0) is 23.9 Å². The maximum Gasteiger partial charge on any atom is 0.416 e. The molecule has 0 spiro atoms. The fraction of sp³-hybridized carbons (Fsp3) is 0.367. The Balaban J connectivity index is 1.18. The molecule has 2 atom stereocenters. The van der Waals surface area contributed by atoms with Gasteiger partial charge in [-0.1, -0.05) is 24.3 Å². The summed E-state index contributed by atoms with van der Waals surface area (Å²) in [6, 6.07) is 18.8. The van der Waals surface area contributed by atoms with Gasteiger partial charge in [-0.2, -0.15) is 13.2 Å². The smallest absolute Gasteiger partial charge is 0.416 e. The molecule has 0 aromatic heterocycles. The molecule has 1 N–H and O–H groups in total. The number of fused-ring (bicyclic) bond motifs is 4. The Labute approximate surface area is 230 Å². The zero-order valence-corrected chi connectivity index (χ0v) is 21.8. The molecule has 2 unspecified atom stereocenters. The largest absolute Gasteiger partial charge is 0.492 e. The van der Waals surface area contributed by atoms with Crippen molar-refractivity contribution in [3.05, 3.63) is 83.4 Å². The molecule has 3 heterocycles. The standard InChI is InChI=1S/C30H30F3N3O4/c31-30(32,33)22-7-8-25-21(15-22)16-24(29(37)34-17-20-6-9-27-28(14-20)40-19-39-27)26-18-35(10-11-36(25)26)12-13-38-23-4-2-1-3-5-23/h1-9,14-15,24,26H,10-13,16-19H2,(H,34,37). The average molecular weight is 554 g/mol. The third kappa shape index (κ3) is 5.54. The number of benzene rings is 3. The van der Waals surface area contributed by atoms with E-state index in [1.54, 1.807) is 12.1 Å². The van der Waals surface area contributed by atoms with Gasteiger partial charge in [0.1, 0.15) is 12.4 Å². The maximum absolute atomic E-state index is 13.6. The highest BCUT2D eigenvalue weighted by atomic mass is 19.4. The number of nitrogens with one attached hydrogen (secondary N) is 1. The summed E-state index contributed by atoms with van der Waals surface area (Å²) in [5.41, 5.74) is 1.49. The molecule has 40 heavy (non-hydrogen) atoms. The van der Waals surface area contributed by atoms with Crippen molar-refractivity contribution in [2.24, 2.45) is 5.92 Å². The molecule has 210 valence electrons. The Morgan fingerprint density at radius 2 is 1.82 bits per heavy atom. The Kier molecular flexibility index (Phi) is 7.18. The van der Waals surface area contributed by atoms with Crippen LogP contribution in [0.1, 0.15) is 16.7 Å². The number of anilines is 1. The quantitative estimate of drug-likeness (QED) is 0.465. The highest BCUT2D eigenvalue weighted by Gasteiger charge is 2.42. The minimum atomic E-state index is -4.44. The zero-order chi connectivity index (χ0) is 27.7. The van der Waals surface area contributed by atoms with Crippen LogP contribution in [0.15, 0.2) is 66.7 Å². The lowest BCUT2D eigenvalue weighted by molar-refractivity contribution is -0.137. The molecule has 6 rings (SSSR count). The number of amides is 1. The Morgan fingerprint density at radius 3 is 2.65 bits per heavy atom. The van der Waals surface area contributed by atoms with Crippen molar-refractivity contribution in [2.75, 3.05) is 44.5 Å². The average Bonchev–Trinajstić information content (AvgIpc) is 3.43. The number of carbonyl (C=O) groups excluding carboxylic acids is 1. The number of carbonyl (C=O) groups is 1. The first-order valence-electron chi connectivity index (χ1n) is 13.4. The second-order valence-electron chi connectivity index (χ2n) is 10.3. The maximum atomic E-state index is 13.6. The molecule has 3 aromatic carbocycles. The highest BCUT2D eigenvalue weighted by molar-refractivity contribution is 5.82. The number of rotatable bonds is 7. The van der Waals surface area contributed by atoms with Gasteiger partial charge in [-0.25, -0.2) is 0 Å². The lowest BCUT2D eigenvalue weighted by Gasteiger charge is -2.49. The van der Waals surface area contributed by atoms with Crippen LogP contribution in [-0.4, -0.2) is 56.4 Å². The van der Waals surface area contributed by atoms with Gasteiger partial charge in [0.2, 0.25) is 12.7 Å². The fourth-order valence-electron chi connectivity index (χ4n) is 5.74. The normalized spacial score (nSPS) is 20.0. The molecular weight excluding hydrogens is 523 g/mol. The predicted octanol–water partition coefficient (Wildman–Crippen LogP) is 4.49. The molecule has 0 saturated carbocycles. The molecule has 7 nitrogen and oxygen atoms in total. The molecule has 3 aliphatic heterocycles. The Bertz CT molecular complexity index is 1370. The number of halogens is 3. The molecule has 3 aliphatic rings. The zero-order valence-electron chi connectivity index (χ0n) is 21.8. The van der Waals surface area contributed by atoms with Crippen molar-refractivity contribution < 1.29 is 32.2 Å². The molecule has 1 amide bonds. The number of para-hydroxylation sites is 1. The third-order valence-corrected chi connectivity index (χ3v) is 7.78. The van der Waals surface area contributed by atoms with Gasteiger partial charge < -0.3 is 24.4 Å². The summed E-state index contributed by atoms with van der Waals surface area (Å²) in [4.78, 5) is 18.0. The van der Waals surface area contributed by atoms with Gasteiger partial charge in [-0.05, 0) is 60.0 Å². The molecule has 3 aromatic rings. The fourth-order valence-corrected chi connectivity index (χ4v) is 5.74. The predicted molar refractivity (Wildman–Crippen MR) is 143 cm³/mol. The summed E-state index contributed by atoms with van der Waals surface area (Å²) in [6.07, 6.45) is -4.21. The van der Waals surface area contributed by atoms with Crippen LogP contribution >= 0.6 is 0 Å². The Morgan fingerprint density at radius 1 is 1.00 bits per heavy atom.